The van der Waals surface area contributed by atoms with Gasteiger partial charge in [-0.25, -0.2) is 0 Å². The van der Waals surface area contributed by atoms with Crippen molar-refractivity contribution in [2.24, 2.45) is 0 Å². The van der Waals surface area contributed by atoms with Crippen LogP contribution in [0.3, 0.4) is 0 Å². The molecule has 3 rings (SSSR count). The maximum atomic E-state index is 9.31. The topological polar surface area (TPSA) is 41.5 Å². The molecule has 0 saturated carbocycles. The van der Waals surface area contributed by atoms with Crippen LogP contribution >= 0.6 is 12.4 Å². The van der Waals surface area contributed by atoms with Crippen molar-refractivity contribution in [1.82, 2.24) is 5.32 Å². The molecule has 0 spiro atoms. The highest BCUT2D eigenvalue weighted by atomic mass is 35.5. The molecule has 0 bridgehead atoms. The number of phenols is 1. The number of methoxy groups -OCH3 is 1. The van der Waals surface area contributed by atoms with Gasteiger partial charge in [0.25, 0.3) is 0 Å². The molecule has 0 aromatic heterocycles. The number of halogens is 1. The maximum Gasteiger partial charge on any atom is 0.122 e. The van der Waals surface area contributed by atoms with Crippen molar-refractivity contribution >= 4 is 12.4 Å². The Labute approximate surface area is 150 Å². The smallest absolute Gasteiger partial charge is 0.122 e. The summed E-state index contributed by atoms with van der Waals surface area (Å²) in [6.45, 7) is 1.97. The Morgan fingerprint density at radius 1 is 1.17 bits per heavy atom. The van der Waals surface area contributed by atoms with Crippen LogP contribution in [0, 0.1) is 0 Å². The van der Waals surface area contributed by atoms with E-state index >= 15 is 0 Å². The number of nitrogens with one attached hydrogen (secondary N) is 1. The van der Waals surface area contributed by atoms with Crippen LogP contribution < -0.4 is 10.1 Å². The van der Waals surface area contributed by atoms with Gasteiger partial charge in [-0.15, -0.1) is 12.4 Å². The van der Waals surface area contributed by atoms with Gasteiger partial charge in [0.1, 0.15) is 11.5 Å². The molecule has 2 aromatic carbocycles. The van der Waals surface area contributed by atoms with Crippen LogP contribution in [-0.2, 0) is 12.8 Å². The molecule has 3 nitrogen and oxygen atoms in total. The summed E-state index contributed by atoms with van der Waals surface area (Å²) in [5.41, 5.74) is 4.10. The third-order valence-electron chi connectivity index (χ3n) is 4.73. The first-order chi connectivity index (χ1) is 11.3. The Kier molecular flexibility index (Phi) is 6.95. The lowest BCUT2D eigenvalue weighted by atomic mass is 9.82. The van der Waals surface area contributed by atoms with E-state index in [1.54, 1.807) is 19.2 Å². The van der Waals surface area contributed by atoms with Gasteiger partial charge in [-0.05, 0) is 73.0 Å². The van der Waals surface area contributed by atoms with Crippen LogP contribution in [0.4, 0.5) is 0 Å². The molecule has 0 saturated heterocycles. The molecule has 0 fully saturated rings. The van der Waals surface area contributed by atoms with Crippen molar-refractivity contribution in [3.8, 4) is 11.5 Å². The molecule has 0 aliphatic heterocycles. The molecular weight excluding hydrogens is 322 g/mol. The summed E-state index contributed by atoms with van der Waals surface area (Å²) in [4.78, 5) is 0. The molecule has 2 aromatic rings. The van der Waals surface area contributed by atoms with Crippen LogP contribution in [0.1, 0.15) is 35.4 Å². The van der Waals surface area contributed by atoms with E-state index in [0.717, 1.165) is 31.7 Å². The Bertz CT molecular complexity index is 643. The third-order valence-corrected chi connectivity index (χ3v) is 4.73. The zero-order valence-electron chi connectivity index (χ0n) is 14.1. The highest BCUT2D eigenvalue weighted by Crippen LogP contribution is 2.36. The number of phenolic OH excluding ortho intramolecular Hbond substituents is 1. The van der Waals surface area contributed by atoms with Gasteiger partial charge in [-0.2, -0.15) is 0 Å². The van der Waals surface area contributed by atoms with E-state index in [1.807, 2.05) is 12.1 Å². The van der Waals surface area contributed by atoms with E-state index in [9.17, 15) is 5.11 Å². The first kappa shape index (κ1) is 18.6. The zero-order chi connectivity index (χ0) is 16.1. The number of rotatable bonds is 6. The summed E-state index contributed by atoms with van der Waals surface area (Å²) in [6, 6.07) is 13.9. The van der Waals surface area contributed by atoms with Gasteiger partial charge in [0.05, 0.1) is 7.11 Å². The number of ether oxygens (including phenoxy) is 1. The standard InChI is InChI=1S/C20H25NO2.ClH/c1-23-20-7-3-5-18-16(4-2-6-19(18)20)14-21-13-12-15-8-10-17(22)11-9-15;/h3,5,7-11,16,21-22H,2,4,6,12-14H2,1H3;1H/t16-;/m1./s1. The lowest BCUT2D eigenvalue weighted by Gasteiger charge is -2.27. The maximum absolute atomic E-state index is 9.31. The van der Waals surface area contributed by atoms with Crippen LogP contribution in [0.25, 0.3) is 0 Å². The minimum atomic E-state index is 0. The van der Waals surface area contributed by atoms with Crippen LogP contribution in [0.5, 0.6) is 11.5 Å². The summed E-state index contributed by atoms with van der Waals surface area (Å²) in [6.07, 6.45) is 4.59. The van der Waals surface area contributed by atoms with Crippen molar-refractivity contribution < 1.29 is 9.84 Å². The van der Waals surface area contributed by atoms with Crippen molar-refractivity contribution in [2.75, 3.05) is 20.2 Å². The summed E-state index contributed by atoms with van der Waals surface area (Å²) in [5, 5.41) is 12.9. The van der Waals surface area contributed by atoms with Crippen LogP contribution in [0.2, 0.25) is 0 Å². The van der Waals surface area contributed by atoms with E-state index in [-0.39, 0.29) is 12.4 Å². The Morgan fingerprint density at radius 2 is 1.96 bits per heavy atom. The minimum Gasteiger partial charge on any atom is -0.508 e. The molecule has 0 unspecified atom stereocenters. The lowest BCUT2D eigenvalue weighted by molar-refractivity contribution is 0.401. The van der Waals surface area contributed by atoms with E-state index in [2.05, 4.69) is 23.5 Å². The second-order valence-corrected chi connectivity index (χ2v) is 6.24. The average molecular weight is 348 g/mol. The third kappa shape index (κ3) is 4.43. The van der Waals surface area contributed by atoms with Gasteiger partial charge in [0.2, 0.25) is 0 Å². The van der Waals surface area contributed by atoms with Crippen molar-refractivity contribution in [1.29, 1.82) is 0 Å². The van der Waals surface area contributed by atoms with E-state index in [4.69, 9.17) is 4.74 Å². The number of hydrogen-bond donors (Lipinski definition) is 2. The first-order valence-electron chi connectivity index (χ1n) is 8.42. The Hall–Kier alpha value is -1.71. The van der Waals surface area contributed by atoms with Crippen LogP contribution in [0.15, 0.2) is 42.5 Å². The molecule has 2 N–H and O–H groups in total. The number of benzene rings is 2. The monoisotopic (exact) mass is 347 g/mol. The molecule has 0 radical (unpaired) electrons. The summed E-state index contributed by atoms with van der Waals surface area (Å²) >= 11 is 0. The molecule has 130 valence electrons. The lowest BCUT2D eigenvalue weighted by Crippen LogP contribution is -2.26. The van der Waals surface area contributed by atoms with Gasteiger partial charge in [-0.1, -0.05) is 24.3 Å². The first-order valence-corrected chi connectivity index (χ1v) is 8.42. The fourth-order valence-electron chi connectivity index (χ4n) is 3.49. The van der Waals surface area contributed by atoms with E-state index in [1.165, 1.54) is 29.5 Å². The normalized spacial score (nSPS) is 16.1. The number of aromatic hydroxyl groups is 1. The van der Waals surface area contributed by atoms with Gasteiger partial charge in [0.15, 0.2) is 0 Å². The fraction of sp³-hybridized carbons (Fsp3) is 0.400. The van der Waals surface area contributed by atoms with Crippen molar-refractivity contribution in [3.05, 3.63) is 59.2 Å². The van der Waals surface area contributed by atoms with E-state index in [0.29, 0.717) is 11.7 Å². The Morgan fingerprint density at radius 3 is 2.71 bits per heavy atom. The molecule has 4 heteroatoms. The average Bonchev–Trinajstić information content (AvgIpc) is 2.59. The van der Waals surface area contributed by atoms with E-state index < -0.39 is 0 Å². The van der Waals surface area contributed by atoms with Gasteiger partial charge in [0, 0.05) is 6.54 Å². The molecule has 1 atom stereocenters. The molecule has 0 heterocycles. The molecule has 24 heavy (non-hydrogen) atoms. The number of fused-ring (bicyclic) bond motifs is 1. The quantitative estimate of drug-likeness (QED) is 0.774. The second-order valence-electron chi connectivity index (χ2n) is 6.24. The summed E-state index contributed by atoms with van der Waals surface area (Å²) < 4.78 is 5.51. The van der Waals surface area contributed by atoms with Crippen molar-refractivity contribution in [2.45, 2.75) is 31.6 Å². The molecule has 0 amide bonds. The molecule has 1 aliphatic rings. The van der Waals surface area contributed by atoms with Gasteiger partial charge >= 0.3 is 0 Å². The minimum absolute atomic E-state index is 0. The second kappa shape index (κ2) is 8.95. The predicted molar refractivity (Wildman–Crippen MR) is 101 cm³/mol. The fourth-order valence-corrected chi connectivity index (χ4v) is 3.49. The van der Waals surface area contributed by atoms with Gasteiger partial charge in [-0.3, -0.25) is 0 Å². The molecule has 1 aliphatic carbocycles. The highest BCUT2D eigenvalue weighted by Gasteiger charge is 2.22. The molecular formula is C20H26ClNO2. The SMILES string of the molecule is COc1cccc2c1CCC[C@@H]2CNCCc1ccc(O)cc1.Cl. The number of hydrogen-bond acceptors (Lipinski definition) is 3. The summed E-state index contributed by atoms with van der Waals surface area (Å²) in [5.74, 6) is 1.94. The Balaban J connectivity index is 0.00000208. The zero-order valence-corrected chi connectivity index (χ0v) is 14.9. The summed E-state index contributed by atoms with van der Waals surface area (Å²) in [7, 11) is 1.76. The predicted octanol–water partition coefficient (Wildman–Crippen LogP) is 4.07. The largest absolute Gasteiger partial charge is 0.508 e. The van der Waals surface area contributed by atoms with Crippen molar-refractivity contribution in [3.63, 3.8) is 0 Å². The van der Waals surface area contributed by atoms with Crippen LogP contribution in [-0.4, -0.2) is 25.3 Å². The van der Waals surface area contributed by atoms with Gasteiger partial charge < -0.3 is 15.2 Å². The highest BCUT2D eigenvalue weighted by molar-refractivity contribution is 5.85.